The van der Waals surface area contributed by atoms with Gasteiger partial charge in [0.1, 0.15) is 0 Å². The lowest BCUT2D eigenvalue weighted by atomic mass is 9.78. The molecular weight excluding hydrogens is 336 g/mol. The molecule has 6 heteroatoms. The van der Waals surface area contributed by atoms with Crippen LogP contribution in [0.1, 0.15) is 48.9 Å². The molecule has 134 valence electrons. The average Bonchev–Trinajstić information content (AvgIpc) is 2.65. The molecule has 2 unspecified atom stereocenters. The fourth-order valence-corrected chi connectivity index (χ4v) is 4.97. The lowest BCUT2D eigenvalue weighted by Crippen LogP contribution is -2.49. The quantitative estimate of drug-likeness (QED) is 0.839. The highest BCUT2D eigenvalue weighted by atomic mass is 32.2. The van der Waals surface area contributed by atoms with Gasteiger partial charge < -0.3 is 4.90 Å². The monoisotopic (exact) mass is 360 g/mol. The van der Waals surface area contributed by atoms with Crippen molar-refractivity contribution in [2.24, 2.45) is 5.92 Å². The van der Waals surface area contributed by atoms with E-state index < -0.39 is 10.0 Å². The molecule has 1 aromatic carbocycles. The summed E-state index contributed by atoms with van der Waals surface area (Å²) in [6.45, 7) is 0.740. The fraction of sp³-hybridized carbons (Fsp3) is 0.526. The number of terminal acetylenes is 1. The first-order valence-electron chi connectivity index (χ1n) is 8.87. The minimum Gasteiger partial charge on any atom is -0.335 e. The summed E-state index contributed by atoms with van der Waals surface area (Å²) in [4.78, 5) is 15.0. The van der Waals surface area contributed by atoms with Crippen LogP contribution in [-0.2, 0) is 10.0 Å². The van der Waals surface area contributed by atoms with Crippen molar-refractivity contribution >= 4 is 15.9 Å². The molecule has 1 amide bonds. The lowest BCUT2D eigenvalue weighted by molar-refractivity contribution is 0.0390. The standard InChI is InChI=1S/C19H24N2O3S/c1-2-13-20-25(23,24)17-11-9-16(10-12-17)19(22)21-14-5-7-15-6-3-4-8-18(15)21/h1,9-12,15,18,20H,3-8,13-14H2. The van der Waals surface area contributed by atoms with E-state index in [1.165, 1.54) is 37.8 Å². The molecule has 1 aliphatic heterocycles. The van der Waals surface area contributed by atoms with Gasteiger partial charge in [0.25, 0.3) is 5.91 Å². The highest BCUT2D eigenvalue weighted by Gasteiger charge is 2.35. The van der Waals surface area contributed by atoms with Gasteiger partial charge in [-0.2, -0.15) is 4.72 Å². The van der Waals surface area contributed by atoms with Crippen molar-refractivity contribution in [1.29, 1.82) is 0 Å². The molecule has 0 spiro atoms. The summed E-state index contributed by atoms with van der Waals surface area (Å²) in [5.74, 6) is 2.88. The number of nitrogens with one attached hydrogen (secondary N) is 1. The first-order valence-corrected chi connectivity index (χ1v) is 10.4. The minimum atomic E-state index is -3.63. The number of sulfonamides is 1. The summed E-state index contributed by atoms with van der Waals surface area (Å²) in [7, 11) is -3.63. The van der Waals surface area contributed by atoms with Crippen molar-refractivity contribution < 1.29 is 13.2 Å². The van der Waals surface area contributed by atoms with Crippen molar-refractivity contribution in [3.05, 3.63) is 29.8 Å². The Labute approximate surface area is 149 Å². The number of amides is 1. The Kier molecular flexibility index (Phi) is 5.45. The number of benzene rings is 1. The Bertz CT molecular complexity index is 763. The summed E-state index contributed by atoms with van der Waals surface area (Å²) >= 11 is 0. The molecular formula is C19H24N2O3S. The van der Waals surface area contributed by atoms with Crippen LogP contribution in [0.5, 0.6) is 0 Å². The molecule has 0 bridgehead atoms. The van der Waals surface area contributed by atoms with Gasteiger partial charge in [-0.15, -0.1) is 6.42 Å². The molecule has 3 rings (SSSR count). The minimum absolute atomic E-state index is 0.0112. The summed E-state index contributed by atoms with van der Waals surface area (Å²) in [6, 6.07) is 6.47. The first-order chi connectivity index (χ1) is 12.0. The van der Waals surface area contributed by atoms with Crippen LogP contribution in [0.2, 0.25) is 0 Å². The summed E-state index contributed by atoms with van der Waals surface area (Å²) < 4.78 is 26.4. The highest BCUT2D eigenvalue weighted by molar-refractivity contribution is 7.89. The zero-order chi connectivity index (χ0) is 17.9. The van der Waals surface area contributed by atoms with Crippen molar-refractivity contribution in [3.8, 4) is 12.3 Å². The second kappa shape index (κ2) is 7.59. The van der Waals surface area contributed by atoms with E-state index in [0.29, 0.717) is 17.5 Å². The molecule has 2 aliphatic rings. The SMILES string of the molecule is C#CCNS(=O)(=O)c1ccc(C(=O)N2CCCC3CCCCC32)cc1. The van der Waals surface area contributed by atoms with E-state index >= 15 is 0 Å². The molecule has 1 saturated heterocycles. The van der Waals surface area contributed by atoms with E-state index in [4.69, 9.17) is 6.42 Å². The number of hydrogen-bond acceptors (Lipinski definition) is 3. The van der Waals surface area contributed by atoms with Gasteiger partial charge in [0.05, 0.1) is 11.4 Å². The zero-order valence-corrected chi connectivity index (χ0v) is 15.1. The van der Waals surface area contributed by atoms with E-state index in [0.717, 1.165) is 19.4 Å². The number of carbonyl (C=O) groups excluding carboxylic acids is 1. The van der Waals surface area contributed by atoms with E-state index in [-0.39, 0.29) is 17.3 Å². The third-order valence-electron chi connectivity index (χ3n) is 5.28. The smallest absolute Gasteiger partial charge is 0.254 e. The van der Waals surface area contributed by atoms with E-state index in [1.54, 1.807) is 12.1 Å². The van der Waals surface area contributed by atoms with Crippen LogP contribution in [0.4, 0.5) is 0 Å². The Morgan fingerprint density at radius 2 is 1.84 bits per heavy atom. The van der Waals surface area contributed by atoms with Crippen molar-refractivity contribution in [1.82, 2.24) is 9.62 Å². The second-order valence-corrected chi connectivity index (χ2v) is 8.57. The molecule has 1 aromatic rings. The second-order valence-electron chi connectivity index (χ2n) is 6.81. The number of likely N-dealkylation sites (tertiary alicyclic amines) is 1. The van der Waals surface area contributed by atoms with Crippen LogP contribution in [0.15, 0.2) is 29.2 Å². The van der Waals surface area contributed by atoms with Crippen molar-refractivity contribution in [2.75, 3.05) is 13.1 Å². The maximum atomic E-state index is 12.9. The topological polar surface area (TPSA) is 66.5 Å². The molecule has 2 atom stereocenters. The van der Waals surface area contributed by atoms with E-state index in [2.05, 4.69) is 10.6 Å². The molecule has 0 aromatic heterocycles. The van der Waals surface area contributed by atoms with Crippen LogP contribution < -0.4 is 4.72 Å². The number of fused-ring (bicyclic) bond motifs is 1. The Morgan fingerprint density at radius 1 is 1.16 bits per heavy atom. The van der Waals surface area contributed by atoms with Gasteiger partial charge in [-0.3, -0.25) is 4.79 Å². The molecule has 1 aliphatic carbocycles. The largest absolute Gasteiger partial charge is 0.335 e. The van der Waals surface area contributed by atoms with Gasteiger partial charge in [-0.1, -0.05) is 18.8 Å². The van der Waals surface area contributed by atoms with Gasteiger partial charge in [0.15, 0.2) is 0 Å². The highest BCUT2D eigenvalue weighted by Crippen LogP contribution is 2.35. The Morgan fingerprint density at radius 3 is 2.56 bits per heavy atom. The predicted octanol–water partition coefficient (Wildman–Crippen LogP) is 2.39. The van der Waals surface area contributed by atoms with Crippen LogP contribution >= 0.6 is 0 Å². The maximum Gasteiger partial charge on any atom is 0.254 e. The zero-order valence-electron chi connectivity index (χ0n) is 14.3. The van der Waals surface area contributed by atoms with E-state index in [1.807, 2.05) is 4.90 Å². The van der Waals surface area contributed by atoms with Crippen LogP contribution in [0, 0.1) is 18.3 Å². The summed E-state index contributed by atoms with van der Waals surface area (Å²) in [5, 5.41) is 0. The molecule has 2 fully saturated rings. The molecule has 0 radical (unpaired) electrons. The van der Waals surface area contributed by atoms with E-state index in [9.17, 15) is 13.2 Å². The third kappa shape index (κ3) is 3.88. The summed E-state index contributed by atoms with van der Waals surface area (Å²) in [6.07, 6.45) is 12.1. The number of nitrogens with zero attached hydrogens (tertiary/aromatic N) is 1. The average molecular weight is 360 g/mol. The van der Waals surface area contributed by atoms with Crippen molar-refractivity contribution in [3.63, 3.8) is 0 Å². The Hall–Kier alpha value is -1.84. The predicted molar refractivity (Wildman–Crippen MR) is 96.5 cm³/mol. The van der Waals surface area contributed by atoms with Crippen LogP contribution in [-0.4, -0.2) is 38.4 Å². The number of rotatable bonds is 4. The van der Waals surface area contributed by atoms with Gasteiger partial charge in [0.2, 0.25) is 10.0 Å². The molecule has 1 saturated carbocycles. The number of piperidine rings is 1. The number of carbonyl (C=O) groups is 1. The van der Waals surface area contributed by atoms with Gasteiger partial charge in [-0.05, 0) is 55.9 Å². The van der Waals surface area contributed by atoms with Crippen LogP contribution in [0.3, 0.4) is 0 Å². The van der Waals surface area contributed by atoms with Gasteiger partial charge in [0, 0.05) is 18.2 Å². The maximum absolute atomic E-state index is 12.9. The molecule has 25 heavy (non-hydrogen) atoms. The van der Waals surface area contributed by atoms with Crippen LogP contribution in [0.25, 0.3) is 0 Å². The third-order valence-corrected chi connectivity index (χ3v) is 6.70. The van der Waals surface area contributed by atoms with Crippen molar-refractivity contribution in [2.45, 2.75) is 49.5 Å². The number of hydrogen-bond donors (Lipinski definition) is 1. The first kappa shape index (κ1) is 18.0. The summed E-state index contributed by atoms with van der Waals surface area (Å²) in [5.41, 5.74) is 0.544. The fourth-order valence-electron chi connectivity index (χ4n) is 4.04. The lowest BCUT2D eigenvalue weighted by Gasteiger charge is -2.44. The molecule has 1 N–H and O–H groups in total. The Balaban J connectivity index is 1.75. The molecule has 5 nitrogen and oxygen atoms in total. The molecule has 1 heterocycles. The van der Waals surface area contributed by atoms with Gasteiger partial charge in [-0.25, -0.2) is 8.42 Å². The normalized spacial score (nSPS) is 23.6. The van der Waals surface area contributed by atoms with Gasteiger partial charge >= 0.3 is 0 Å².